The highest BCUT2D eigenvalue weighted by molar-refractivity contribution is 7.07. The molecule has 0 aliphatic carbocycles. The van der Waals surface area contributed by atoms with Gasteiger partial charge >= 0.3 is 6.09 Å². The normalized spacial score (nSPS) is 19.8. The lowest BCUT2D eigenvalue weighted by Crippen LogP contribution is -2.48. The zero-order valence-corrected chi connectivity index (χ0v) is 15.0. The van der Waals surface area contributed by atoms with Crippen molar-refractivity contribution < 1.29 is 14.3 Å². The first kappa shape index (κ1) is 17.2. The van der Waals surface area contributed by atoms with Gasteiger partial charge in [0.2, 0.25) is 0 Å². The van der Waals surface area contributed by atoms with E-state index in [2.05, 4.69) is 11.9 Å². The summed E-state index contributed by atoms with van der Waals surface area (Å²) in [5, 5.41) is 1.78. The molecule has 0 saturated carbocycles. The number of likely N-dealkylation sites (tertiary alicyclic amines) is 1. The maximum atomic E-state index is 12.3. The smallest absolute Gasteiger partial charge is 0.410 e. The van der Waals surface area contributed by atoms with Crippen molar-refractivity contribution >= 4 is 23.3 Å². The molecule has 0 unspecified atom stereocenters. The van der Waals surface area contributed by atoms with Gasteiger partial charge in [0.25, 0.3) is 5.91 Å². The van der Waals surface area contributed by atoms with E-state index in [4.69, 9.17) is 4.74 Å². The van der Waals surface area contributed by atoms with Gasteiger partial charge in [-0.05, 0) is 6.42 Å². The molecule has 0 atom stereocenters. The van der Waals surface area contributed by atoms with Crippen molar-refractivity contribution in [1.82, 2.24) is 14.8 Å². The van der Waals surface area contributed by atoms with Gasteiger partial charge in [0, 0.05) is 37.9 Å². The van der Waals surface area contributed by atoms with E-state index in [1.807, 2.05) is 9.80 Å². The van der Waals surface area contributed by atoms with Gasteiger partial charge in [-0.3, -0.25) is 4.79 Å². The monoisotopic (exact) mass is 351 g/mol. The molecular weight excluding hydrogens is 326 g/mol. The summed E-state index contributed by atoms with van der Waals surface area (Å²) in [6.45, 7) is 4.86. The zero-order chi connectivity index (χ0) is 17.0. The average Bonchev–Trinajstić information content (AvgIpc) is 3.21. The number of amides is 2. The maximum absolute atomic E-state index is 12.3. The van der Waals surface area contributed by atoms with E-state index in [-0.39, 0.29) is 12.0 Å². The van der Waals surface area contributed by atoms with Gasteiger partial charge in [-0.25, -0.2) is 9.78 Å². The lowest BCUT2D eigenvalue weighted by molar-refractivity contribution is 0.00299. The number of hydrogen-bond donors (Lipinski definition) is 0. The highest BCUT2D eigenvalue weighted by atomic mass is 32.1. The quantitative estimate of drug-likeness (QED) is 0.739. The van der Waals surface area contributed by atoms with Gasteiger partial charge in [0.15, 0.2) is 0 Å². The van der Waals surface area contributed by atoms with Crippen LogP contribution < -0.4 is 0 Å². The lowest BCUT2D eigenvalue weighted by Gasteiger charge is -2.37. The standard InChI is InChI=1S/C17H25N3O3S/c1-2-3-4-5-8-20-12-17(23-16(20)22)6-9-19(10-7-17)15(21)14-11-24-13-18-14/h11,13H,2-10,12H2,1H3. The van der Waals surface area contributed by atoms with Crippen molar-refractivity contribution in [3.05, 3.63) is 16.6 Å². The second-order valence-corrected chi connectivity index (χ2v) is 7.42. The molecule has 2 aliphatic rings. The van der Waals surface area contributed by atoms with Crippen LogP contribution in [0, 0.1) is 0 Å². The van der Waals surface area contributed by atoms with Crippen LogP contribution in [0.2, 0.25) is 0 Å². The maximum Gasteiger partial charge on any atom is 0.410 e. The molecule has 2 aliphatic heterocycles. The van der Waals surface area contributed by atoms with Gasteiger partial charge in [-0.1, -0.05) is 26.2 Å². The van der Waals surface area contributed by atoms with Crippen molar-refractivity contribution in [2.75, 3.05) is 26.2 Å². The molecule has 1 aromatic rings. The van der Waals surface area contributed by atoms with Gasteiger partial charge in [-0.15, -0.1) is 11.3 Å². The van der Waals surface area contributed by atoms with Crippen LogP contribution in [0.15, 0.2) is 10.9 Å². The molecule has 2 saturated heterocycles. The summed E-state index contributed by atoms with van der Waals surface area (Å²) >= 11 is 1.43. The summed E-state index contributed by atoms with van der Waals surface area (Å²) < 4.78 is 5.71. The molecule has 2 fully saturated rings. The number of aromatic nitrogens is 1. The molecule has 3 heterocycles. The first-order valence-electron chi connectivity index (χ1n) is 8.79. The number of carbonyl (C=O) groups is 2. The Hall–Kier alpha value is -1.63. The van der Waals surface area contributed by atoms with Crippen molar-refractivity contribution in [3.8, 4) is 0 Å². The van der Waals surface area contributed by atoms with Gasteiger partial charge in [0.1, 0.15) is 11.3 Å². The fourth-order valence-electron chi connectivity index (χ4n) is 3.45. The summed E-state index contributed by atoms with van der Waals surface area (Å²) in [5.41, 5.74) is 1.78. The first-order valence-corrected chi connectivity index (χ1v) is 9.73. The van der Waals surface area contributed by atoms with E-state index in [1.54, 1.807) is 10.9 Å². The summed E-state index contributed by atoms with van der Waals surface area (Å²) in [5.74, 6) is -0.0214. The summed E-state index contributed by atoms with van der Waals surface area (Å²) in [6, 6.07) is 0. The molecule has 2 amide bonds. The molecule has 132 valence electrons. The third-order valence-corrected chi connectivity index (χ3v) is 5.52. The number of hydrogen-bond acceptors (Lipinski definition) is 5. The molecule has 1 aromatic heterocycles. The van der Waals surface area contributed by atoms with Gasteiger partial charge in [-0.2, -0.15) is 0 Å². The Kier molecular flexibility index (Phi) is 5.38. The van der Waals surface area contributed by atoms with E-state index in [9.17, 15) is 9.59 Å². The molecule has 24 heavy (non-hydrogen) atoms. The Balaban J connectivity index is 1.50. The van der Waals surface area contributed by atoms with Crippen molar-refractivity contribution in [1.29, 1.82) is 0 Å². The number of piperidine rings is 1. The first-order chi connectivity index (χ1) is 11.6. The molecule has 7 heteroatoms. The number of thiazole rings is 1. The summed E-state index contributed by atoms with van der Waals surface area (Å²) in [6.07, 6.45) is 5.82. The number of carbonyl (C=O) groups excluding carboxylic acids is 2. The summed E-state index contributed by atoms with van der Waals surface area (Å²) in [4.78, 5) is 32.2. The predicted octanol–water partition coefficient (Wildman–Crippen LogP) is 3.15. The van der Waals surface area contributed by atoms with E-state index < -0.39 is 5.60 Å². The van der Waals surface area contributed by atoms with Crippen LogP contribution in [0.5, 0.6) is 0 Å². The van der Waals surface area contributed by atoms with E-state index >= 15 is 0 Å². The molecular formula is C17H25N3O3S. The highest BCUT2D eigenvalue weighted by Gasteiger charge is 2.47. The second-order valence-electron chi connectivity index (χ2n) is 6.70. The van der Waals surface area contributed by atoms with E-state index in [0.717, 1.165) is 19.4 Å². The fraction of sp³-hybridized carbons (Fsp3) is 0.706. The van der Waals surface area contributed by atoms with E-state index in [0.29, 0.717) is 38.2 Å². The number of unbranched alkanes of at least 4 members (excludes halogenated alkanes) is 3. The minimum Gasteiger partial charge on any atom is -0.441 e. The minimum absolute atomic E-state index is 0.0214. The van der Waals surface area contributed by atoms with Crippen LogP contribution in [0.1, 0.15) is 55.9 Å². The highest BCUT2D eigenvalue weighted by Crippen LogP contribution is 2.33. The average molecular weight is 351 g/mol. The third-order valence-electron chi connectivity index (χ3n) is 4.94. The van der Waals surface area contributed by atoms with Crippen molar-refractivity contribution in [2.45, 2.75) is 51.0 Å². The molecule has 0 radical (unpaired) electrons. The van der Waals surface area contributed by atoms with Crippen LogP contribution in [-0.4, -0.2) is 58.6 Å². The number of ether oxygens (including phenoxy) is 1. The van der Waals surface area contributed by atoms with Crippen LogP contribution in [-0.2, 0) is 4.74 Å². The van der Waals surface area contributed by atoms with Crippen LogP contribution in [0.3, 0.4) is 0 Å². The Bertz CT molecular complexity index is 568. The molecule has 0 bridgehead atoms. The van der Waals surface area contributed by atoms with Crippen molar-refractivity contribution in [2.24, 2.45) is 0 Å². The SMILES string of the molecule is CCCCCCN1CC2(CCN(C(=O)c3cscn3)CC2)OC1=O. The Morgan fingerprint density at radius 1 is 1.33 bits per heavy atom. The Morgan fingerprint density at radius 3 is 2.79 bits per heavy atom. The molecule has 1 spiro atoms. The van der Waals surface area contributed by atoms with Crippen LogP contribution in [0.25, 0.3) is 0 Å². The molecule has 0 N–H and O–H groups in total. The largest absolute Gasteiger partial charge is 0.441 e. The summed E-state index contributed by atoms with van der Waals surface area (Å²) in [7, 11) is 0. The lowest BCUT2D eigenvalue weighted by atomic mass is 9.91. The number of rotatable bonds is 6. The Labute approximate surface area is 146 Å². The van der Waals surface area contributed by atoms with Crippen LogP contribution >= 0.6 is 11.3 Å². The Morgan fingerprint density at radius 2 is 2.12 bits per heavy atom. The fourth-order valence-corrected chi connectivity index (χ4v) is 3.98. The molecule has 0 aromatic carbocycles. The van der Waals surface area contributed by atoms with Crippen LogP contribution in [0.4, 0.5) is 4.79 Å². The minimum atomic E-state index is -0.402. The topological polar surface area (TPSA) is 62.7 Å². The second kappa shape index (κ2) is 7.51. The van der Waals surface area contributed by atoms with Gasteiger partial charge < -0.3 is 14.5 Å². The third kappa shape index (κ3) is 3.71. The zero-order valence-electron chi connectivity index (χ0n) is 14.2. The predicted molar refractivity (Wildman–Crippen MR) is 92.2 cm³/mol. The van der Waals surface area contributed by atoms with Crippen molar-refractivity contribution in [3.63, 3.8) is 0 Å². The number of nitrogens with zero attached hydrogens (tertiary/aromatic N) is 3. The molecule has 3 rings (SSSR count). The van der Waals surface area contributed by atoms with E-state index in [1.165, 1.54) is 24.2 Å². The van der Waals surface area contributed by atoms with Gasteiger partial charge in [0.05, 0.1) is 12.1 Å². The molecule has 6 nitrogen and oxygen atoms in total.